The maximum Gasteiger partial charge on any atom is 0.141 e. The Labute approximate surface area is 111 Å². The van der Waals surface area contributed by atoms with Crippen molar-refractivity contribution in [2.45, 2.75) is 25.0 Å². The fraction of sp³-hybridized carbons (Fsp3) is 0.267. The summed E-state index contributed by atoms with van der Waals surface area (Å²) in [5.74, 6) is 0.484. The van der Waals surface area contributed by atoms with E-state index in [9.17, 15) is 4.39 Å². The SMILES string of the molecule is NC(c1ccc(OC2CC2)cc1)c1cncc(F)c1. The molecule has 0 aliphatic heterocycles. The van der Waals surface area contributed by atoms with Gasteiger partial charge in [-0.2, -0.15) is 0 Å². The van der Waals surface area contributed by atoms with E-state index in [0.717, 1.165) is 24.2 Å². The summed E-state index contributed by atoms with van der Waals surface area (Å²) < 4.78 is 18.8. The third-order valence-electron chi connectivity index (χ3n) is 3.15. The van der Waals surface area contributed by atoms with E-state index < -0.39 is 0 Å². The maximum absolute atomic E-state index is 13.1. The Kier molecular flexibility index (Phi) is 3.17. The predicted molar refractivity (Wildman–Crippen MR) is 70.3 cm³/mol. The van der Waals surface area contributed by atoms with Gasteiger partial charge in [0.25, 0.3) is 0 Å². The minimum atomic E-state index is -0.377. The number of pyridine rings is 1. The highest BCUT2D eigenvalue weighted by Crippen LogP contribution is 2.28. The van der Waals surface area contributed by atoms with Crippen molar-refractivity contribution in [3.63, 3.8) is 0 Å². The number of nitrogens with zero attached hydrogens (tertiary/aromatic N) is 1. The topological polar surface area (TPSA) is 48.1 Å². The van der Waals surface area contributed by atoms with Crippen LogP contribution in [0.15, 0.2) is 42.7 Å². The monoisotopic (exact) mass is 258 g/mol. The van der Waals surface area contributed by atoms with Crippen molar-refractivity contribution in [1.29, 1.82) is 0 Å². The van der Waals surface area contributed by atoms with Crippen LogP contribution in [0.3, 0.4) is 0 Å². The van der Waals surface area contributed by atoms with Crippen LogP contribution in [-0.2, 0) is 0 Å². The molecular formula is C15H15FN2O. The van der Waals surface area contributed by atoms with E-state index in [1.165, 1.54) is 12.3 Å². The van der Waals surface area contributed by atoms with E-state index in [2.05, 4.69) is 4.98 Å². The summed E-state index contributed by atoms with van der Waals surface area (Å²) in [7, 11) is 0. The zero-order chi connectivity index (χ0) is 13.2. The molecule has 0 saturated heterocycles. The molecule has 1 fully saturated rings. The molecule has 98 valence electrons. The molecule has 1 heterocycles. The van der Waals surface area contributed by atoms with Gasteiger partial charge in [0.1, 0.15) is 11.6 Å². The Morgan fingerprint density at radius 2 is 1.89 bits per heavy atom. The van der Waals surface area contributed by atoms with Gasteiger partial charge in [-0.1, -0.05) is 12.1 Å². The van der Waals surface area contributed by atoms with E-state index >= 15 is 0 Å². The molecule has 1 aliphatic rings. The van der Waals surface area contributed by atoms with Crippen LogP contribution in [0.1, 0.15) is 30.0 Å². The second kappa shape index (κ2) is 4.97. The normalized spacial score (nSPS) is 16.1. The van der Waals surface area contributed by atoms with Crippen LogP contribution in [0.4, 0.5) is 4.39 Å². The smallest absolute Gasteiger partial charge is 0.141 e. The summed E-state index contributed by atoms with van der Waals surface area (Å²) in [5, 5.41) is 0. The zero-order valence-corrected chi connectivity index (χ0v) is 10.4. The zero-order valence-electron chi connectivity index (χ0n) is 10.4. The van der Waals surface area contributed by atoms with Crippen LogP contribution in [0, 0.1) is 5.82 Å². The second-order valence-electron chi connectivity index (χ2n) is 4.80. The first kappa shape index (κ1) is 12.1. The molecule has 1 aromatic heterocycles. The Hall–Kier alpha value is -1.94. The van der Waals surface area contributed by atoms with Crippen molar-refractivity contribution >= 4 is 0 Å². The van der Waals surface area contributed by atoms with E-state index in [0.29, 0.717) is 11.7 Å². The van der Waals surface area contributed by atoms with Crippen LogP contribution in [0.5, 0.6) is 5.75 Å². The molecule has 1 aromatic carbocycles. The standard InChI is InChI=1S/C15H15FN2O/c16-12-7-11(8-18-9-12)15(17)10-1-3-13(4-2-10)19-14-5-6-14/h1-4,7-9,14-15H,5-6,17H2. The minimum Gasteiger partial charge on any atom is -0.490 e. The fourth-order valence-electron chi connectivity index (χ4n) is 1.92. The van der Waals surface area contributed by atoms with Gasteiger partial charge in [0.2, 0.25) is 0 Å². The number of halogens is 1. The van der Waals surface area contributed by atoms with Gasteiger partial charge in [-0.25, -0.2) is 4.39 Å². The van der Waals surface area contributed by atoms with Gasteiger partial charge >= 0.3 is 0 Å². The van der Waals surface area contributed by atoms with Gasteiger partial charge in [-0.15, -0.1) is 0 Å². The summed E-state index contributed by atoms with van der Waals surface area (Å²) in [5.41, 5.74) is 7.68. The van der Waals surface area contributed by atoms with Crippen molar-refractivity contribution in [2.24, 2.45) is 5.73 Å². The molecule has 0 bridgehead atoms. The highest BCUT2D eigenvalue weighted by Gasteiger charge is 2.23. The molecule has 2 N–H and O–H groups in total. The van der Waals surface area contributed by atoms with Gasteiger partial charge < -0.3 is 10.5 Å². The van der Waals surface area contributed by atoms with Gasteiger partial charge in [0, 0.05) is 6.20 Å². The van der Waals surface area contributed by atoms with Crippen molar-refractivity contribution in [3.05, 3.63) is 59.7 Å². The molecule has 0 radical (unpaired) electrons. The summed E-state index contributed by atoms with van der Waals surface area (Å²) in [6.45, 7) is 0. The third-order valence-corrected chi connectivity index (χ3v) is 3.15. The summed E-state index contributed by atoms with van der Waals surface area (Å²) in [6, 6.07) is 8.66. The van der Waals surface area contributed by atoms with Crippen molar-refractivity contribution in [1.82, 2.24) is 4.98 Å². The molecule has 3 rings (SSSR count). The molecule has 2 aromatic rings. The van der Waals surface area contributed by atoms with Crippen LogP contribution >= 0.6 is 0 Å². The van der Waals surface area contributed by atoms with Crippen LogP contribution in [0.2, 0.25) is 0 Å². The number of hydrogen-bond acceptors (Lipinski definition) is 3. The highest BCUT2D eigenvalue weighted by atomic mass is 19.1. The van der Waals surface area contributed by atoms with E-state index in [1.54, 1.807) is 6.20 Å². The lowest BCUT2D eigenvalue weighted by Crippen LogP contribution is -2.12. The summed E-state index contributed by atoms with van der Waals surface area (Å²) >= 11 is 0. The van der Waals surface area contributed by atoms with Crippen molar-refractivity contribution < 1.29 is 9.13 Å². The number of aromatic nitrogens is 1. The average molecular weight is 258 g/mol. The first-order valence-corrected chi connectivity index (χ1v) is 6.35. The fourth-order valence-corrected chi connectivity index (χ4v) is 1.92. The van der Waals surface area contributed by atoms with Gasteiger partial charge in [-0.05, 0) is 42.2 Å². The van der Waals surface area contributed by atoms with Gasteiger partial charge in [0.15, 0.2) is 0 Å². The van der Waals surface area contributed by atoms with Gasteiger partial charge in [-0.3, -0.25) is 4.98 Å². The van der Waals surface area contributed by atoms with E-state index in [1.807, 2.05) is 24.3 Å². The average Bonchev–Trinajstić information content (AvgIpc) is 3.23. The lowest BCUT2D eigenvalue weighted by atomic mass is 10.0. The number of hydrogen-bond donors (Lipinski definition) is 1. The van der Waals surface area contributed by atoms with E-state index in [-0.39, 0.29) is 11.9 Å². The molecule has 1 aliphatic carbocycles. The quantitative estimate of drug-likeness (QED) is 0.917. The molecule has 0 amide bonds. The summed E-state index contributed by atoms with van der Waals surface area (Å²) in [6.07, 6.45) is 5.41. The highest BCUT2D eigenvalue weighted by molar-refractivity contribution is 5.34. The molecule has 1 saturated carbocycles. The Bertz CT molecular complexity index is 567. The number of nitrogens with two attached hydrogens (primary N) is 1. The summed E-state index contributed by atoms with van der Waals surface area (Å²) in [4.78, 5) is 3.82. The Morgan fingerprint density at radius 3 is 2.53 bits per heavy atom. The number of ether oxygens (including phenoxy) is 1. The third kappa shape index (κ3) is 2.90. The Morgan fingerprint density at radius 1 is 1.16 bits per heavy atom. The van der Waals surface area contributed by atoms with Crippen molar-refractivity contribution in [3.8, 4) is 5.75 Å². The molecule has 3 nitrogen and oxygen atoms in total. The van der Waals surface area contributed by atoms with E-state index in [4.69, 9.17) is 10.5 Å². The maximum atomic E-state index is 13.1. The minimum absolute atomic E-state index is 0.373. The molecule has 4 heteroatoms. The molecule has 0 spiro atoms. The first-order valence-electron chi connectivity index (χ1n) is 6.35. The first-order chi connectivity index (χ1) is 9.22. The molecule has 19 heavy (non-hydrogen) atoms. The van der Waals surface area contributed by atoms with Crippen molar-refractivity contribution in [2.75, 3.05) is 0 Å². The lowest BCUT2D eigenvalue weighted by Gasteiger charge is -2.13. The van der Waals surface area contributed by atoms with Crippen LogP contribution < -0.4 is 10.5 Å². The number of benzene rings is 1. The molecule has 1 unspecified atom stereocenters. The Balaban J connectivity index is 1.77. The number of rotatable bonds is 4. The largest absolute Gasteiger partial charge is 0.490 e. The van der Waals surface area contributed by atoms with Gasteiger partial charge in [0.05, 0.1) is 18.3 Å². The predicted octanol–water partition coefficient (Wildman–Crippen LogP) is 2.81. The lowest BCUT2D eigenvalue weighted by molar-refractivity contribution is 0.303. The second-order valence-corrected chi connectivity index (χ2v) is 4.80. The van der Waals surface area contributed by atoms with Crippen LogP contribution in [-0.4, -0.2) is 11.1 Å². The molecular weight excluding hydrogens is 243 g/mol. The van der Waals surface area contributed by atoms with Crippen LogP contribution in [0.25, 0.3) is 0 Å². The molecule has 1 atom stereocenters.